The average Bonchev–Trinajstić information content (AvgIpc) is 2.57. The monoisotopic (exact) mass is 394 g/mol. The van der Waals surface area contributed by atoms with E-state index in [4.69, 9.17) is 0 Å². The summed E-state index contributed by atoms with van der Waals surface area (Å²) in [5, 5.41) is 24.4. The van der Waals surface area contributed by atoms with Crippen molar-refractivity contribution in [2.45, 2.75) is 13.8 Å². The van der Waals surface area contributed by atoms with Crippen LogP contribution in [0.4, 0.5) is 0 Å². The van der Waals surface area contributed by atoms with Crippen LogP contribution in [-0.4, -0.2) is 9.97 Å². The molecule has 2 heterocycles. The normalized spacial score (nSPS) is 9.62. The molecule has 1 radical (unpaired) electrons. The van der Waals surface area contributed by atoms with Crippen LogP contribution in [0.1, 0.15) is 11.4 Å². The van der Waals surface area contributed by atoms with E-state index in [-0.39, 0.29) is 33.8 Å². The van der Waals surface area contributed by atoms with Crippen LogP contribution < -0.4 is 10.2 Å². The van der Waals surface area contributed by atoms with Crippen molar-refractivity contribution >= 4 is 21.8 Å². The number of nitrogens with zero attached hydrogens (tertiary/aromatic N) is 2. The quantitative estimate of drug-likeness (QED) is 0.427. The second-order valence-corrected chi connectivity index (χ2v) is 5.56. The van der Waals surface area contributed by atoms with E-state index in [9.17, 15) is 10.2 Å². The van der Waals surface area contributed by atoms with Crippen LogP contribution in [0.2, 0.25) is 0 Å². The van der Waals surface area contributed by atoms with Gasteiger partial charge in [0, 0.05) is 11.4 Å². The molecule has 0 fully saturated rings. The fraction of sp³-hybridized carbons (Fsp3) is 0.100. The third kappa shape index (κ3) is 4.69. The maximum atomic E-state index is 11.3. The molecule has 0 unspecified atom stereocenters. The first-order valence-corrected chi connectivity index (χ1v) is 7.61. The molecule has 2 aromatic carbocycles. The van der Waals surface area contributed by atoms with Crippen molar-refractivity contribution in [2.24, 2.45) is 0 Å². The average molecular weight is 394 g/mol. The van der Waals surface area contributed by atoms with Crippen molar-refractivity contribution in [3.63, 3.8) is 0 Å². The number of para-hydroxylation sites is 2. The molecule has 0 aliphatic rings. The van der Waals surface area contributed by atoms with Crippen molar-refractivity contribution in [1.82, 2.24) is 9.97 Å². The number of aryl methyl sites for hydroxylation is 2. The molecule has 0 bridgehead atoms. The fourth-order valence-corrected chi connectivity index (χ4v) is 2.43. The molecule has 0 aliphatic heterocycles. The predicted octanol–water partition coefficient (Wildman–Crippen LogP) is 2.31. The maximum absolute atomic E-state index is 11.3. The van der Waals surface area contributed by atoms with Gasteiger partial charge in [-0.1, -0.05) is 60.0 Å². The molecule has 6 heteroatoms. The summed E-state index contributed by atoms with van der Waals surface area (Å²) in [6, 6.07) is 18.0. The van der Waals surface area contributed by atoms with E-state index in [1.165, 1.54) is 12.1 Å². The van der Waals surface area contributed by atoms with E-state index in [2.05, 4.69) is 9.97 Å². The third-order valence-corrected chi connectivity index (χ3v) is 3.64. The van der Waals surface area contributed by atoms with Gasteiger partial charge in [-0.2, -0.15) is 0 Å². The Kier molecular flexibility index (Phi) is 7.51. The summed E-state index contributed by atoms with van der Waals surface area (Å²) < 4.78 is 0. The van der Waals surface area contributed by atoms with E-state index in [0.29, 0.717) is 11.0 Å². The first kappa shape index (κ1) is 21.4. The van der Waals surface area contributed by atoms with E-state index in [1.54, 1.807) is 12.1 Å². The van der Waals surface area contributed by atoms with Gasteiger partial charge in [-0.3, -0.25) is 9.97 Å². The molecule has 0 spiro atoms. The molecule has 2 aromatic heterocycles. The number of aromatic nitrogens is 2. The Balaban J connectivity index is 0.000000241. The summed E-state index contributed by atoms with van der Waals surface area (Å²) in [5.74, 6) is -0.00704. The van der Waals surface area contributed by atoms with Crippen LogP contribution in [-0.2, 0) is 22.3 Å². The number of hydrogen-bond acceptors (Lipinski definition) is 4. The van der Waals surface area contributed by atoms with Gasteiger partial charge in [0.05, 0.1) is 11.0 Å². The summed E-state index contributed by atoms with van der Waals surface area (Å²) in [4.78, 5) is 8.33. The van der Waals surface area contributed by atoms with E-state index in [1.807, 2.05) is 50.2 Å². The van der Waals surface area contributed by atoms with Crippen molar-refractivity contribution in [3.8, 4) is 11.5 Å². The van der Waals surface area contributed by atoms with E-state index >= 15 is 0 Å². The zero-order chi connectivity index (χ0) is 17.1. The maximum Gasteiger partial charge on any atom is 2.00 e. The van der Waals surface area contributed by atoms with Crippen LogP contribution in [0.15, 0.2) is 60.7 Å². The standard InChI is InChI=1S/2C10H9NO.Co.H2O/c2*1-7-5-6-8-3-2-4-9(12)10(8)11-7;;/h2*2-6,12H,1H3;;1H2/q;;+2;/p-1. The molecular formula is C20H19CoN2O3+. The number of fused-ring (bicyclic) bond motifs is 2. The Morgan fingerprint density at radius 1 is 0.615 bits per heavy atom. The van der Waals surface area contributed by atoms with Gasteiger partial charge in [0.1, 0.15) is 0 Å². The molecule has 4 aromatic rings. The Morgan fingerprint density at radius 2 is 1.00 bits per heavy atom. The minimum absolute atomic E-state index is 0. The third-order valence-electron chi connectivity index (χ3n) is 3.64. The second-order valence-electron chi connectivity index (χ2n) is 5.56. The van der Waals surface area contributed by atoms with Gasteiger partial charge in [-0.05, 0) is 36.8 Å². The Labute approximate surface area is 161 Å². The van der Waals surface area contributed by atoms with Crippen molar-refractivity contribution in [2.75, 3.05) is 0 Å². The van der Waals surface area contributed by atoms with Gasteiger partial charge in [0.2, 0.25) is 0 Å². The van der Waals surface area contributed by atoms with Gasteiger partial charge in [-0.15, -0.1) is 0 Å². The molecule has 26 heavy (non-hydrogen) atoms. The van der Waals surface area contributed by atoms with E-state index < -0.39 is 0 Å². The van der Waals surface area contributed by atoms with Gasteiger partial charge in [-0.25, -0.2) is 0 Å². The first-order valence-electron chi connectivity index (χ1n) is 7.61. The molecule has 0 amide bonds. The Hall–Kier alpha value is -2.67. The summed E-state index contributed by atoms with van der Waals surface area (Å²) in [6.45, 7) is 3.76. The molecule has 4 rings (SSSR count). The van der Waals surface area contributed by atoms with Crippen molar-refractivity contribution in [1.29, 1.82) is 0 Å². The first-order chi connectivity index (χ1) is 11.5. The predicted molar refractivity (Wildman–Crippen MR) is 96.7 cm³/mol. The minimum Gasteiger partial charge on any atom is -0.871 e. The van der Waals surface area contributed by atoms with Gasteiger partial charge in [0.25, 0.3) is 0 Å². The van der Waals surface area contributed by atoms with Crippen LogP contribution in [0.25, 0.3) is 21.8 Å². The topological polar surface area (TPSA) is 105 Å². The molecular weight excluding hydrogens is 375 g/mol. The van der Waals surface area contributed by atoms with Crippen LogP contribution in [0, 0.1) is 13.8 Å². The van der Waals surface area contributed by atoms with Crippen LogP contribution in [0.5, 0.6) is 11.5 Å². The van der Waals surface area contributed by atoms with Gasteiger partial charge >= 0.3 is 16.8 Å². The molecule has 0 aliphatic carbocycles. The Morgan fingerprint density at radius 3 is 1.38 bits per heavy atom. The molecule has 0 saturated carbocycles. The number of pyridine rings is 2. The van der Waals surface area contributed by atoms with Crippen molar-refractivity contribution < 1.29 is 32.5 Å². The smallest absolute Gasteiger partial charge is 0.871 e. The number of rotatable bonds is 0. The SMILES string of the molecule is Cc1ccc2cccc([O-])c2n1.Cc1ccc2cccc([O-])c2n1.[Co+2].[OH3+]. The summed E-state index contributed by atoms with van der Waals surface area (Å²) >= 11 is 0. The van der Waals surface area contributed by atoms with E-state index in [0.717, 1.165) is 22.2 Å². The molecule has 3 N–H and O–H groups in total. The number of benzene rings is 2. The van der Waals surface area contributed by atoms with Crippen molar-refractivity contribution in [3.05, 3.63) is 72.1 Å². The molecule has 5 nitrogen and oxygen atoms in total. The fourth-order valence-electron chi connectivity index (χ4n) is 2.43. The number of hydrogen-bond donors (Lipinski definition) is 0. The molecule has 0 saturated heterocycles. The molecule has 135 valence electrons. The zero-order valence-electron chi connectivity index (χ0n) is 14.4. The van der Waals surface area contributed by atoms with Crippen LogP contribution in [0.3, 0.4) is 0 Å². The summed E-state index contributed by atoms with van der Waals surface area (Å²) in [7, 11) is 0. The Bertz CT molecular complexity index is 939. The minimum atomic E-state index is -0.00352. The van der Waals surface area contributed by atoms with Gasteiger partial charge in [0.15, 0.2) is 0 Å². The summed E-state index contributed by atoms with van der Waals surface area (Å²) in [6.07, 6.45) is 0. The van der Waals surface area contributed by atoms with Gasteiger partial charge < -0.3 is 15.7 Å². The zero-order valence-corrected chi connectivity index (χ0v) is 15.4. The second kappa shape index (κ2) is 9.14. The summed E-state index contributed by atoms with van der Waals surface area (Å²) in [5.41, 5.74) is 2.90. The van der Waals surface area contributed by atoms with Crippen LogP contribution >= 0.6 is 0 Å². The molecule has 0 atom stereocenters. The largest absolute Gasteiger partial charge is 2.00 e.